The first-order valence-electron chi connectivity index (χ1n) is 5.89. The van der Waals surface area contributed by atoms with Crippen LogP contribution in [0.4, 0.5) is 4.39 Å². The van der Waals surface area contributed by atoms with Crippen LogP contribution in [0.25, 0.3) is 0 Å². The van der Waals surface area contributed by atoms with Gasteiger partial charge in [-0.1, -0.05) is 6.92 Å². The quantitative estimate of drug-likeness (QED) is 0.893. The lowest BCUT2D eigenvalue weighted by molar-refractivity contribution is -0.136. The van der Waals surface area contributed by atoms with Gasteiger partial charge < -0.3 is 9.84 Å². The van der Waals surface area contributed by atoms with Crippen LogP contribution in [-0.2, 0) is 11.2 Å². The molecule has 1 heterocycles. The van der Waals surface area contributed by atoms with Crippen LogP contribution in [0.5, 0.6) is 5.75 Å². The van der Waals surface area contributed by atoms with E-state index in [4.69, 9.17) is 9.84 Å². The monoisotopic (exact) mass is 270 g/mol. The molecule has 2 unspecified atom stereocenters. The van der Waals surface area contributed by atoms with E-state index in [1.165, 1.54) is 23.9 Å². The van der Waals surface area contributed by atoms with Crippen LogP contribution < -0.4 is 4.74 Å². The van der Waals surface area contributed by atoms with Gasteiger partial charge in [0.2, 0.25) is 0 Å². The van der Waals surface area contributed by atoms with Crippen molar-refractivity contribution in [2.24, 2.45) is 0 Å². The number of carboxylic acids is 1. The molecule has 1 aromatic carbocycles. The highest BCUT2D eigenvalue weighted by atomic mass is 32.2. The minimum absolute atomic E-state index is 0.0554. The van der Waals surface area contributed by atoms with Crippen molar-refractivity contribution in [1.82, 2.24) is 0 Å². The fourth-order valence-electron chi connectivity index (χ4n) is 1.97. The number of carbonyl (C=O) groups is 1. The molecule has 1 N–H and O–H groups in total. The van der Waals surface area contributed by atoms with Gasteiger partial charge >= 0.3 is 5.97 Å². The van der Waals surface area contributed by atoms with Crippen LogP contribution in [0.2, 0.25) is 0 Å². The number of fused-ring (bicyclic) bond motifs is 1. The molecule has 1 aliphatic heterocycles. The maximum absolute atomic E-state index is 13.0. The van der Waals surface area contributed by atoms with E-state index in [-0.39, 0.29) is 11.9 Å². The molecule has 0 radical (unpaired) electrons. The van der Waals surface area contributed by atoms with E-state index in [9.17, 15) is 9.18 Å². The van der Waals surface area contributed by atoms with Crippen molar-refractivity contribution in [1.29, 1.82) is 0 Å². The molecule has 0 amide bonds. The van der Waals surface area contributed by atoms with Crippen molar-refractivity contribution in [3.8, 4) is 5.75 Å². The highest BCUT2D eigenvalue weighted by molar-refractivity contribution is 8.00. The number of thioether (sulfide) groups is 1. The number of ether oxygens (including phenoxy) is 1. The Labute approximate surface area is 109 Å². The second-order valence-electron chi connectivity index (χ2n) is 4.26. The molecular formula is C13H15FO3S. The molecule has 0 aliphatic carbocycles. The minimum atomic E-state index is -0.788. The van der Waals surface area contributed by atoms with E-state index in [1.54, 1.807) is 6.07 Å². The number of benzene rings is 1. The molecule has 0 spiro atoms. The summed E-state index contributed by atoms with van der Waals surface area (Å²) in [6, 6.07) is 4.48. The van der Waals surface area contributed by atoms with Crippen molar-refractivity contribution < 1.29 is 19.0 Å². The standard InChI is InChI=1S/C13H15FO3S/c1-2-12(13(15)16)18-7-10-6-8-5-9(14)3-4-11(8)17-10/h3-5,10,12H,2,6-7H2,1H3,(H,15,16). The number of hydrogen-bond donors (Lipinski definition) is 1. The van der Waals surface area contributed by atoms with E-state index in [0.29, 0.717) is 24.3 Å². The Morgan fingerprint density at radius 3 is 3.11 bits per heavy atom. The average Bonchev–Trinajstić information content (AvgIpc) is 2.71. The zero-order valence-corrected chi connectivity index (χ0v) is 10.9. The van der Waals surface area contributed by atoms with Crippen LogP contribution in [0.3, 0.4) is 0 Å². The third kappa shape index (κ3) is 2.96. The van der Waals surface area contributed by atoms with Crippen molar-refractivity contribution in [2.75, 3.05) is 5.75 Å². The molecule has 0 saturated carbocycles. The summed E-state index contributed by atoms with van der Waals surface area (Å²) >= 11 is 1.38. The molecule has 1 aliphatic rings. The lowest BCUT2D eigenvalue weighted by Crippen LogP contribution is -2.22. The number of hydrogen-bond acceptors (Lipinski definition) is 3. The van der Waals surface area contributed by atoms with Crippen LogP contribution in [0.1, 0.15) is 18.9 Å². The lowest BCUT2D eigenvalue weighted by atomic mass is 10.1. The molecule has 0 fully saturated rings. The van der Waals surface area contributed by atoms with Gasteiger partial charge in [-0.2, -0.15) is 0 Å². The fourth-order valence-corrected chi connectivity index (χ4v) is 2.98. The molecule has 0 aromatic heterocycles. The van der Waals surface area contributed by atoms with Gasteiger partial charge in [0.25, 0.3) is 0 Å². The molecule has 0 saturated heterocycles. The first-order valence-corrected chi connectivity index (χ1v) is 6.94. The smallest absolute Gasteiger partial charge is 0.316 e. The van der Waals surface area contributed by atoms with Crippen LogP contribution in [-0.4, -0.2) is 28.2 Å². The fraction of sp³-hybridized carbons (Fsp3) is 0.462. The van der Waals surface area contributed by atoms with Crippen LogP contribution in [0, 0.1) is 5.82 Å². The van der Waals surface area contributed by atoms with E-state index >= 15 is 0 Å². The molecule has 1 aromatic rings. The predicted molar refractivity (Wildman–Crippen MR) is 68.7 cm³/mol. The average molecular weight is 270 g/mol. The zero-order valence-electron chi connectivity index (χ0n) is 10.1. The Hall–Kier alpha value is -1.23. The number of aliphatic carboxylic acids is 1. The van der Waals surface area contributed by atoms with Gasteiger partial charge in [-0.3, -0.25) is 4.79 Å². The maximum Gasteiger partial charge on any atom is 0.316 e. The Bertz CT molecular complexity index is 450. The molecule has 2 atom stereocenters. The summed E-state index contributed by atoms with van der Waals surface area (Å²) in [5.41, 5.74) is 0.865. The molecule has 5 heteroatoms. The topological polar surface area (TPSA) is 46.5 Å². The van der Waals surface area contributed by atoms with Crippen LogP contribution in [0.15, 0.2) is 18.2 Å². The van der Waals surface area contributed by atoms with E-state index < -0.39 is 11.2 Å². The highest BCUT2D eigenvalue weighted by Gasteiger charge is 2.25. The Morgan fingerprint density at radius 2 is 2.44 bits per heavy atom. The molecule has 18 heavy (non-hydrogen) atoms. The Kier molecular flexibility index (Phi) is 4.11. The zero-order chi connectivity index (χ0) is 13.1. The summed E-state index contributed by atoms with van der Waals surface area (Å²) < 4.78 is 18.7. The summed E-state index contributed by atoms with van der Waals surface area (Å²) in [5.74, 6) is 0.276. The predicted octanol–water partition coefficient (Wildman–Crippen LogP) is 2.73. The molecule has 3 nitrogen and oxygen atoms in total. The van der Waals surface area contributed by atoms with Crippen molar-refractivity contribution in [3.05, 3.63) is 29.6 Å². The first-order chi connectivity index (χ1) is 8.60. The van der Waals surface area contributed by atoms with Gasteiger partial charge in [-0.25, -0.2) is 4.39 Å². The van der Waals surface area contributed by atoms with Crippen molar-refractivity contribution >= 4 is 17.7 Å². The highest BCUT2D eigenvalue weighted by Crippen LogP contribution is 2.31. The molecule has 0 bridgehead atoms. The molecule has 98 valence electrons. The summed E-state index contributed by atoms with van der Waals surface area (Å²) in [6.45, 7) is 1.85. The largest absolute Gasteiger partial charge is 0.489 e. The van der Waals surface area contributed by atoms with E-state index in [0.717, 1.165) is 5.56 Å². The molecular weight excluding hydrogens is 255 g/mol. The second kappa shape index (κ2) is 5.61. The van der Waals surface area contributed by atoms with Gasteiger partial charge in [0.1, 0.15) is 22.9 Å². The molecule has 2 rings (SSSR count). The van der Waals surface area contributed by atoms with E-state index in [2.05, 4.69) is 0 Å². The van der Waals surface area contributed by atoms with Gasteiger partial charge in [0.15, 0.2) is 0 Å². The summed E-state index contributed by atoms with van der Waals surface area (Å²) in [5, 5.41) is 8.55. The Morgan fingerprint density at radius 1 is 1.67 bits per heavy atom. The summed E-state index contributed by atoms with van der Waals surface area (Å²) in [4.78, 5) is 10.9. The minimum Gasteiger partial charge on any atom is -0.489 e. The van der Waals surface area contributed by atoms with Gasteiger partial charge in [-0.15, -0.1) is 11.8 Å². The normalized spacial score (nSPS) is 19.1. The maximum atomic E-state index is 13.0. The van der Waals surface area contributed by atoms with Crippen LogP contribution >= 0.6 is 11.8 Å². The third-order valence-corrected chi connectivity index (χ3v) is 4.39. The van der Waals surface area contributed by atoms with Gasteiger partial charge in [-0.05, 0) is 24.6 Å². The van der Waals surface area contributed by atoms with Gasteiger partial charge in [0, 0.05) is 17.7 Å². The summed E-state index contributed by atoms with van der Waals surface area (Å²) in [7, 11) is 0. The van der Waals surface area contributed by atoms with Crippen molar-refractivity contribution in [3.63, 3.8) is 0 Å². The van der Waals surface area contributed by atoms with E-state index in [1.807, 2.05) is 6.92 Å². The number of rotatable bonds is 5. The summed E-state index contributed by atoms with van der Waals surface area (Å²) in [6.07, 6.45) is 1.19. The third-order valence-electron chi connectivity index (χ3n) is 2.89. The first kappa shape index (κ1) is 13.2. The Balaban J connectivity index is 1.90. The second-order valence-corrected chi connectivity index (χ2v) is 5.50. The number of halogens is 1. The number of carboxylic acid groups (broad SMARTS) is 1. The SMILES string of the molecule is CCC(SCC1Cc2cc(F)ccc2O1)C(=O)O. The van der Waals surface area contributed by atoms with Gasteiger partial charge in [0.05, 0.1) is 0 Å². The lowest BCUT2D eigenvalue weighted by Gasteiger charge is -2.13. The van der Waals surface area contributed by atoms with Crippen molar-refractivity contribution in [2.45, 2.75) is 31.1 Å².